The van der Waals surface area contributed by atoms with Gasteiger partial charge in [-0.25, -0.2) is 9.67 Å². The van der Waals surface area contributed by atoms with Crippen molar-refractivity contribution in [3.8, 4) is 0 Å². The number of aromatic nitrogens is 3. The number of halogens is 2. The molecule has 0 radical (unpaired) electrons. The molecular weight excluding hydrogens is 259 g/mol. The quantitative estimate of drug-likeness (QED) is 0.741. The Kier molecular flexibility index (Phi) is 2.96. The van der Waals surface area contributed by atoms with Gasteiger partial charge in [-0.2, -0.15) is 0 Å². The first kappa shape index (κ1) is 10.9. The summed E-state index contributed by atoms with van der Waals surface area (Å²) in [6, 6.07) is 0. The van der Waals surface area contributed by atoms with Crippen molar-refractivity contribution in [2.45, 2.75) is 5.60 Å². The zero-order chi connectivity index (χ0) is 8.77. The summed E-state index contributed by atoms with van der Waals surface area (Å²) < 4.78 is 2.10. The second-order valence-corrected chi connectivity index (χ2v) is 3.67. The molecule has 7 heteroatoms. The van der Waals surface area contributed by atoms with Gasteiger partial charge in [0.05, 0.1) is 0 Å². The number of nitrogens with one attached hydrogen (secondary N) is 1. The Morgan fingerprint density at radius 2 is 2.23 bits per heavy atom. The van der Waals surface area contributed by atoms with Gasteiger partial charge in [0.1, 0.15) is 5.60 Å². The Morgan fingerprint density at radius 3 is 2.54 bits per heavy atom. The predicted molar refractivity (Wildman–Crippen MR) is 52.7 cm³/mol. The third-order valence-corrected chi connectivity index (χ3v) is 2.32. The van der Waals surface area contributed by atoms with Gasteiger partial charge >= 0.3 is 0 Å². The van der Waals surface area contributed by atoms with E-state index in [9.17, 15) is 5.11 Å². The van der Waals surface area contributed by atoms with Crippen molar-refractivity contribution in [2.24, 2.45) is 7.05 Å². The van der Waals surface area contributed by atoms with Gasteiger partial charge in [0.15, 0.2) is 5.82 Å². The standard InChI is InChI=1S/C6H9BrN4O.ClH/c1-11-4(9-5(7)10-11)6(12)2-8-3-6;/h8,12H,2-3H2,1H3;1H. The molecule has 5 nitrogen and oxygen atoms in total. The van der Waals surface area contributed by atoms with E-state index in [-0.39, 0.29) is 12.4 Å². The summed E-state index contributed by atoms with van der Waals surface area (Å²) in [5.74, 6) is 0.605. The van der Waals surface area contributed by atoms with Crippen LogP contribution in [0.1, 0.15) is 5.82 Å². The number of rotatable bonds is 1. The van der Waals surface area contributed by atoms with E-state index in [4.69, 9.17) is 0 Å². The highest BCUT2D eigenvalue weighted by Crippen LogP contribution is 2.23. The van der Waals surface area contributed by atoms with Gasteiger partial charge in [0.2, 0.25) is 4.73 Å². The van der Waals surface area contributed by atoms with Crippen LogP contribution in [-0.4, -0.2) is 33.0 Å². The second kappa shape index (κ2) is 3.53. The molecule has 2 rings (SSSR count). The zero-order valence-corrected chi connectivity index (χ0v) is 9.39. The van der Waals surface area contributed by atoms with E-state index in [1.165, 1.54) is 0 Å². The Morgan fingerprint density at radius 1 is 1.62 bits per heavy atom. The highest BCUT2D eigenvalue weighted by molar-refractivity contribution is 9.10. The minimum atomic E-state index is -0.826. The van der Waals surface area contributed by atoms with Crippen LogP contribution in [0, 0.1) is 0 Å². The summed E-state index contributed by atoms with van der Waals surface area (Å²) in [4.78, 5) is 4.08. The van der Waals surface area contributed by atoms with E-state index in [2.05, 4.69) is 31.3 Å². The van der Waals surface area contributed by atoms with E-state index in [0.717, 1.165) is 0 Å². The fraction of sp³-hybridized carbons (Fsp3) is 0.667. The number of aryl methyl sites for hydroxylation is 1. The maximum atomic E-state index is 9.87. The third kappa shape index (κ3) is 1.71. The van der Waals surface area contributed by atoms with Crippen LogP contribution in [0.4, 0.5) is 0 Å². The smallest absolute Gasteiger partial charge is 0.217 e. The zero-order valence-electron chi connectivity index (χ0n) is 6.99. The molecule has 1 aliphatic rings. The lowest BCUT2D eigenvalue weighted by Crippen LogP contribution is -2.58. The molecular formula is C6H10BrClN4O. The molecule has 0 bridgehead atoms. The molecule has 13 heavy (non-hydrogen) atoms. The van der Waals surface area contributed by atoms with Gasteiger partial charge < -0.3 is 10.4 Å². The molecule has 0 amide bonds. The minimum Gasteiger partial charge on any atom is -0.379 e. The average Bonchev–Trinajstić information content (AvgIpc) is 2.25. The average molecular weight is 270 g/mol. The van der Waals surface area contributed by atoms with Crippen LogP contribution < -0.4 is 5.32 Å². The maximum absolute atomic E-state index is 9.87. The number of aliphatic hydroxyl groups is 1. The molecule has 0 aliphatic carbocycles. The highest BCUT2D eigenvalue weighted by Gasteiger charge is 2.40. The maximum Gasteiger partial charge on any atom is 0.217 e. The minimum absolute atomic E-state index is 0. The summed E-state index contributed by atoms with van der Waals surface area (Å²) >= 11 is 3.15. The van der Waals surface area contributed by atoms with E-state index < -0.39 is 5.60 Å². The van der Waals surface area contributed by atoms with E-state index in [0.29, 0.717) is 23.6 Å². The molecule has 1 saturated heterocycles. The molecule has 0 unspecified atom stereocenters. The fourth-order valence-electron chi connectivity index (χ4n) is 1.28. The van der Waals surface area contributed by atoms with Crippen LogP contribution >= 0.6 is 28.3 Å². The van der Waals surface area contributed by atoms with Gasteiger partial charge in [-0.1, -0.05) is 0 Å². The Bertz CT molecular complexity index is 312. The summed E-state index contributed by atoms with van der Waals surface area (Å²) in [6.45, 7) is 1.10. The van der Waals surface area contributed by atoms with Crippen molar-refractivity contribution in [2.75, 3.05) is 13.1 Å². The van der Waals surface area contributed by atoms with Crippen LogP contribution in [0.25, 0.3) is 0 Å². The summed E-state index contributed by atoms with van der Waals surface area (Å²) in [5.41, 5.74) is -0.826. The molecule has 1 aliphatic heterocycles. The molecule has 0 aromatic carbocycles. The second-order valence-electron chi connectivity index (χ2n) is 2.96. The summed E-state index contributed by atoms with van der Waals surface area (Å²) in [6.07, 6.45) is 0. The number of hydrogen-bond acceptors (Lipinski definition) is 4. The van der Waals surface area contributed by atoms with Crippen molar-refractivity contribution in [1.29, 1.82) is 0 Å². The largest absolute Gasteiger partial charge is 0.379 e. The van der Waals surface area contributed by atoms with Crippen LogP contribution in [0.2, 0.25) is 0 Å². The van der Waals surface area contributed by atoms with Gasteiger partial charge in [-0.3, -0.25) is 0 Å². The molecule has 2 heterocycles. The van der Waals surface area contributed by atoms with Crippen LogP contribution in [0.5, 0.6) is 0 Å². The van der Waals surface area contributed by atoms with Crippen molar-refractivity contribution in [3.05, 3.63) is 10.6 Å². The van der Waals surface area contributed by atoms with Gasteiger partial charge in [0.25, 0.3) is 0 Å². The Balaban J connectivity index is 0.000000845. The normalized spacial score (nSPS) is 19.0. The van der Waals surface area contributed by atoms with E-state index in [1.807, 2.05) is 0 Å². The predicted octanol–water partition coefficient (Wildman–Crippen LogP) is -0.210. The van der Waals surface area contributed by atoms with Crippen LogP contribution in [-0.2, 0) is 12.6 Å². The molecule has 0 spiro atoms. The first-order valence-corrected chi connectivity index (χ1v) is 4.41. The first-order valence-electron chi connectivity index (χ1n) is 3.62. The van der Waals surface area contributed by atoms with Crippen molar-refractivity contribution < 1.29 is 5.11 Å². The highest BCUT2D eigenvalue weighted by atomic mass is 79.9. The fourth-order valence-corrected chi connectivity index (χ4v) is 1.68. The number of β-amino-alcohol motifs (C(OH)–C–C–N with tert-alkyl or cyclic N) is 1. The summed E-state index contributed by atoms with van der Waals surface area (Å²) in [7, 11) is 1.77. The van der Waals surface area contributed by atoms with Crippen molar-refractivity contribution in [1.82, 2.24) is 20.1 Å². The van der Waals surface area contributed by atoms with E-state index >= 15 is 0 Å². The topological polar surface area (TPSA) is 63.0 Å². The Hall–Kier alpha value is -0.170. The summed E-state index contributed by atoms with van der Waals surface area (Å²) in [5, 5.41) is 16.9. The van der Waals surface area contributed by atoms with Gasteiger partial charge in [-0.15, -0.1) is 17.5 Å². The van der Waals surface area contributed by atoms with Crippen molar-refractivity contribution >= 4 is 28.3 Å². The third-order valence-electron chi connectivity index (χ3n) is 1.99. The first-order chi connectivity index (χ1) is 5.62. The number of nitrogens with zero attached hydrogens (tertiary/aromatic N) is 3. The molecule has 1 aromatic heterocycles. The lowest BCUT2D eigenvalue weighted by molar-refractivity contribution is -0.0257. The molecule has 2 N–H and O–H groups in total. The molecule has 1 aromatic rings. The van der Waals surface area contributed by atoms with Crippen LogP contribution in [0.15, 0.2) is 4.73 Å². The molecule has 1 fully saturated rings. The lowest BCUT2D eigenvalue weighted by Gasteiger charge is -2.35. The molecule has 0 saturated carbocycles. The number of hydrogen-bond donors (Lipinski definition) is 2. The SMILES string of the molecule is Cl.Cn1nc(Br)nc1C1(O)CNC1. The lowest BCUT2D eigenvalue weighted by atomic mass is 9.96. The van der Waals surface area contributed by atoms with Crippen molar-refractivity contribution in [3.63, 3.8) is 0 Å². The van der Waals surface area contributed by atoms with Gasteiger partial charge in [-0.05, 0) is 15.9 Å². The molecule has 0 atom stereocenters. The Labute approximate surface area is 90.1 Å². The molecule has 74 valence electrons. The van der Waals surface area contributed by atoms with Gasteiger partial charge in [0, 0.05) is 20.1 Å². The van der Waals surface area contributed by atoms with E-state index in [1.54, 1.807) is 11.7 Å². The van der Waals surface area contributed by atoms with Crippen LogP contribution in [0.3, 0.4) is 0 Å². The monoisotopic (exact) mass is 268 g/mol.